The third-order valence-corrected chi connectivity index (χ3v) is 1.23. The smallest absolute Gasteiger partial charge is 0.352 e. The topological polar surface area (TPSA) is 43.4 Å². The van der Waals surface area contributed by atoms with Gasteiger partial charge in [-0.2, -0.15) is 0 Å². The number of thiocarbonyl (C=S) groups is 1. The summed E-state index contributed by atoms with van der Waals surface area (Å²) in [6.07, 6.45) is 0. The lowest BCUT2D eigenvalue weighted by atomic mass is 10.3. The van der Waals surface area contributed by atoms with Gasteiger partial charge >= 0.3 is 5.97 Å². The molecule has 0 aliphatic carbocycles. The van der Waals surface area contributed by atoms with Gasteiger partial charge in [0.2, 0.25) is 0 Å². The van der Waals surface area contributed by atoms with E-state index in [9.17, 15) is 9.59 Å². The number of ether oxygens (including phenoxy) is 1. The fraction of sp³-hybridized carbons (Fsp3) is 0.500. The maximum Gasteiger partial charge on any atom is 0.352 e. The summed E-state index contributed by atoms with van der Waals surface area (Å²) in [6.45, 7) is 3.13. The second kappa shape index (κ2) is 4.11. The average molecular weight is 160 g/mol. The fourth-order valence-electron chi connectivity index (χ4n) is 0.340. The number of ketones is 1. The lowest BCUT2D eigenvalue weighted by molar-refractivity contribution is -0.135. The van der Waals surface area contributed by atoms with Crippen molar-refractivity contribution in [1.82, 2.24) is 0 Å². The molecule has 0 aromatic heterocycles. The van der Waals surface area contributed by atoms with Crippen LogP contribution in [0.1, 0.15) is 13.8 Å². The summed E-state index contributed by atoms with van der Waals surface area (Å²) < 4.78 is 4.46. The first-order chi connectivity index (χ1) is 4.59. The van der Waals surface area contributed by atoms with E-state index in [2.05, 4.69) is 17.0 Å². The first-order valence-corrected chi connectivity index (χ1v) is 3.22. The standard InChI is InChI=1S/C6H8O3S/c1-3-9-6(8)5(10)4(2)7/h3H2,1-2H3. The van der Waals surface area contributed by atoms with Gasteiger partial charge in [-0.3, -0.25) is 4.79 Å². The Morgan fingerprint density at radius 1 is 1.50 bits per heavy atom. The van der Waals surface area contributed by atoms with E-state index >= 15 is 0 Å². The van der Waals surface area contributed by atoms with E-state index in [0.717, 1.165) is 0 Å². The van der Waals surface area contributed by atoms with Crippen LogP contribution in [0.4, 0.5) is 0 Å². The second-order valence-corrected chi connectivity index (χ2v) is 2.01. The molecule has 0 bridgehead atoms. The number of Topliss-reactive ketones (excluding diaryl/α,β-unsaturated/α-hetero) is 1. The molecular weight excluding hydrogens is 152 g/mol. The summed E-state index contributed by atoms with van der Waals surface area (Å²) in [5.74, 6) is -1.13. The zero-order valence-electron chi connectivity index (χ0n) is 5.84. The minimum atomic E-state index is -0.704. The first-order valence-electron chi connectivity index (χ1n) is 2.81. The van der Waals surface area contributed by atoms with Gasteiger partial charge in [-0.05, 0) is 6.92 Å². The van der Waals surface area contributed by atoms with Crippen LogP contribution in [-0.4, -0.2) is 23.2 Å². The Balaban J connectivity index is 3.96. The number of hydrogen-bond acceptors (Lipinski definition) is 4. The zero-order valence-corrected chi connectivity index (χ0v) is 6.66. The van der Waals surface area contributed by atoms with Gasteiger partial charge in [0, 0.05) is 6.92 Å². The fourth-order valence-corrected chi connectivity index (χ4v) is 0.399. The van der Waals surface area contributed by atoms with E-state index in [1.54, 1.807) is 6.92 Å². The molecule has 0 aromatic rings. The molecule has 0 unspecified atom stereocenters. The largest absolute Gasteiger partial charge is 0.462 e. The molecule has 0 atom stereocenters. The molecular formula is C6H8O3S. The van der Waals surface area contributed by atoms with Gasteiger partial charge in [0.05, 0.1) is 6.61 Å². The average Bonchev–Trinajstić information content (AvgIpc) is 1.87. The Kier molecular flexibility index (Phi) is 3.79. The number of carbonyl (C=O) groups excluding carboxylic acids is 2. The van der Waals surface area contributed by atoms with Gasteiger partial charge < -0.3 is 4.74 Å². The second-order valence-electron chi connectivity index (χ2n) is 1.61. The van der Waals surface area contributed by atoms with Gasteiger partial charge in [0.15, 0.2) is 10.6 Å². The van der Waals surface area contributed by atoms with E-state index in [4.69, 9.17) is 0 Å². The van der Waals surface area contributed by atoms with Crippen molar-refractivity contribution in [2.75, 3.05) is 6.61 Å². The molecule has 0 fully saturated rings. The molecule has 0 aliphatic heterocycles. The van der Waals surface area contributed by atoms with Gasteiger partial charge in [0.1, 0.15) is 0 Å². The molecule has 0 heterocycles. The highest BCUT2D eigenvalue weighted by molar-refractivity contribution is 7.83. The summed E-state index contributed by atoms with van der Waals surface area (Å²) in [7, 11) is 0. The predicted molar refractivity (Wildman–Crippen MR) is 39.9 cm³/mol. The monoisotopic (exact) mass is 160 g/mol. The normalized spacial score (nSPS) is 8.60. The summed E-state index contributed by atoms with van der Waals surface area (Å²) in [4.78, 5) is 20.8. The SMILES string of the molecule is CCOC(=O)C(=S)C(C)=O. The van der Waals surface area contributed by atoms with E-state index in [0.29, 0.717) is 0 Å². The van der Waals surface area contributed by atoms with Crippen molar-refractivity contribution >= 4 is 28.8 Å². The minimum absolute atomic E-state index is 0.242. The van der Waals surface area contributed by atoms with Gasteiger partial charge in [-0.1, -0.05) is 12.2 Å². The predicted octanol–water partition coefficient (Wildman–Crippen LogP) is 0.508. The molecule has 0 radical (unpaired) electrons. The summed E-state index contributed by atoms with van der Waals surface area (Å²) >= 11 is 4.44. The van der Waals surface area contributed by atoms with Crippen molar-refractivity contribution in [2.24, 2.45) is 0 Å². The van der Waals surface area contributed by atoms with Gasteiger partial charge in [0.25, 0.3) is 0 Å². The van der Waals surface area contributed by atoms with E-state index in [1.807, 2.05) is 0 Å². The van der Waals surface area contributed by atoms with Crippen LogP contribution in [0, 0.1) is 0 Å². The summed E-state index contributed by atoms with van der Waals surface area (Å²) in [6, 6.07) is 0. The van der Waals surface area contributed by atoms with E-state index in [1.165, 1.54) is 6.92 Å². The number of esters is 1. The lowest BCUT2D eigenvalue weighted by Crippen LogP contribution is -2.21. The quantitative estimate of drug-likeness (QED) is 0.343. The maximum atomic E-state index is 10.6. The van der Waals surface area contributed by atoms with Crippen LogP contribution in [-0.2, 0) is 14.3 Å². The molecule has 0 aliphatic rings. The Morgan fingerprint density at radius 3 is 2.30 bits per heavy atom. The molecule has 3 nitrogen and oxygen atoms in total. The third kappa shape index (κ3) is 2.68. The molecule has 0 N–H and O–H groups in total. The van der Waals surface area contributed by atoms with Crippen LogP contribution in [0.3, 0.4) is 0 Å². The molecule has 0 saturated carbocycles. The van der Waals surface area contributed by atoms with Crippen molar-refractivity contribution in [3.8, 4) is 0 Å². The summed E-state index contributed by atoms with van der Waals surface area (Å²) in [5, 5.41) is 0. The molecule has 0 spiro atoms. The van der Waals surface area contributed by atoms with E-state index < -0.39 is 11.8 Å². The molecule has 0 aromatic carbocycles. The molecule has 4 heteroatoms. The number of carbonyl (C=O) groups is 2. The van der Waals surface area contributed by atoms with E-state index in [-0.39, 0.29) is 11.5 Å². The third-order valence-electron chi connectivity index (χ3n) is 0.781. The van der Waals surface area contributed by atoms with Crippen LogP contribution in [0.2, 0.25) is 0 Å². The highest BCUT2D eigenvalue weighted by Gasteiger charge is 2.13. The maximum absolute atomic E-state index is 10.6. The van der Waals surface area contributed by atoms with Crippen LogP contribution >= 0.6 is 12.2 Å². The van der Waals surface area contributed by atoms with Gasteiger partial charge in [-0.15, -0.1) is 0 Å². The summed E-state index contributed by atoms with van der Waals surface area (Å²) in [5.41, 5.74) is 0. The number of rotatable bonds is 3. The Labute approximate surface area is 64.4 Å². The molecule has 0 rings (SSSR count). The molecule has 0 amide bonds. The van der Waals surface area contributed by atoms with Gasteiger partial charge in [-0.25, -0.2) is 4.79 Å². The van der Waals surface area contributed by atoms with Crippen LogP contribution in [0.25, 0.3) is 0 Å². The highest BCUT2D eigenvalue weighted by atomic mass is 32.1. The zero-order chi connectivity index (χ0) is 8.15. The molecule has 56 valence electrons. The van der Waals surface area contributed by atoms with Crippen molar-refractivity contribution < 1.29 is 14.3 Å². The van der Waals surface area contributed by atoms with Crippen LogP contribution in [0.15, 0.2) is 0 Å². The Hall–Kier alpha value is -0.770. The molecule has 10 heavy (non-hydrogen) atoms. The van der Waals surface area contributed by atoms with Crippen molar-refractivity contribution in [1.29, 1.82) is 0 Å². The Morgan fingerprint density at radius 2 is 2.00 bits per heavy atom. The van der Waals surface area contributed by atoms with Crippen LogP contribution < -0.4 is 0 Å². The Bertz CT molecular complexity index is 174. The van der Waals surface area contributed by atoms with Crippen LogP contribution in [0.5, 0.6) is 0 Å². The van der Waals surface area contributed by atoms with Crippen molar-refractivity contribution in [2.45, 2.75) is 13.8 Å². The highest BCUT2D eigenvalue weighted by Crippen LogP contribution is 1.85. The number of hydrogen-bond donors (Lipinski definition) is 0. The molecule has 0 saturated heterocycles. The lowest BCUT2D eigenvalue weighted by Gasteiger charge is -1.97. The van der Waals surface area contributed by atoms with Crippen molar-refractivity contribution in [3.63, 3.8) is 0 Å². The van der Waals surface area contributed by atoms with Crippen molar-refractivity contribution in [3.05, 3.63) is 0 Å². The first kappa shape index (κ1) is 9.23. The minimum Gasteiger partial charge on any atom is -0.462 e.